The first kappa shape index (κ1) is 7.96. The molecule has 11 heavy (non-hydrogen) atoms. The van der Waals surface area contributed by atoms with Gasteiger partial charge in [0.05, 0.1) is 5.69 Å². The maximum atomic E-state index is 10.3. The Morgan fingerprint density at radius 3 is 2.82 bits per heavy atom. The van der Waals surface area contributed by atoms with Gasteiger partial charge in [0.1, 0.15) is 6.04 Å². The largest absolute Gasteiger partial charge is 0.480 e. The molecule has 0 fully saturated rings. The van der Waals surface area contributed by atoms with Gasteiger partial charge in [-0.15, -0.1) is 11.3 Å². The van der Waals surface area contributed by atoms with Crippen LogP contribution >= 0.6 is 11.3 Å². The van der Waals surface area contributed by atoms with Crippen LogP contribution in [0.3, 0.4) is 0 Å². The zero-order valence-corrected chi connectivity index (χ0v) is 6.34. The molecule has 1 atom stereocenters. The van der Waals surface area contributed by atoms with E-state index in [-0.39, 0.29) is 0 Å². The molecule has 1 aromatic heterocycles. The fourth-order valence-electron chi connectivity index (χ4n) is 0.570. The Morgan fingerprint density at radius 2 is 2.45 bits per heavy atom. The number of carbonyl (C=O) groups is 1. The van der Waals surface area contributed by atoms with Gasteiger partial charge in [-0.3, -0.25) is 4.79 Å². The molecular formula is C5H7N3O2S. The van der Waals surface area contributed by atoms with Crippen molar-refractivity contribution < 1.29 is 9.90 Å². The number of hydrogen-bond donors (Lipinski definition) is 3. The van der Waals surface area contributed by atoms with Gasteiger partial charge in [-0.25, -0.2) is 4.98 Å². The zero-order chi connectivity index (χ0) is 8.43. The highest BCUT2D eigenvalue weighted by atomic mass is 32.1. The number of aromatic nitrogens is 1. The molecule has 5 N–H and O–H groups in total. The van der Waals surface area contributed by atoms with Crippen molar-refractivity contribution in [2.75, 3.05) is 5.73 Å². The summed E-state index contributed by atoms with van der Waals surface area (Å²) < 4.78 is 0. The van der Waals surface area contributed by atoms with E-state index in [9.17, 15) is 4.79 Å². The molecule has 1 unspecified atom stereocenters. The van der Waals surface area contributed by atoms with Crippen molar-refractivity contribution in [3.63, 3.8) is 0 Å². The first-order chi connectivity index (χ1) is 5.11. The van der Waals surface area contributed by atoms with Crippen LogP contribution in [0.4, 0.5) is 5.13 Å². The third kappa shape index (κ3) is 1.66. The highest BCUT2D eigenvalue weighted by Crippen LogP contribution is 2.16. The second-order valence-corrected chi connectivity index (χ2v) is 2.82. The van der Waals surface area contributed by atoms with E-state index in [1.807, 2.05) is 0 Å². The quantitative estimate of drug-likeness (QED) is 0.575. The van der Waals surface area contributed by atoms with Crippen LogP contribution in [0.15, 0.2) is 5.38 Å². The SMILES string of the molecule is Nc1nc(C(N)C(=O)O)cs1. The molecule has 0 bridgehead atoms. The molecule has 1 rings (SSSR count). The van der Waals surface area contributed by atoms with Gasteiger partial charge in [-0.05, 0) is 0 Å². The molecule has 60 valence electrons. The van der Waals surface area contributed by atoms with Crippen molar-refractivity contribution in [3.05, 3.63) is 11.1 Å². The number of anilines is 1. The summed E-state index contributed by atoms with van der Waals surface area (Å²) in [6.45, 7) is 0. The lowest BCUT2D eigenvalue weighted by Gasteiger charge is -1.99. The fraction of sp³-hybridized carbons (Fsp3) is 0.200. The van der Waals surface area contributed by atoms with Crippen molar-refractivity contribution >= 4 is 22.4 Å². The minimum atomic E-state index is -1.10. The number of carboxylic acid groups (broad SMARTS) is 1. The molecule has 0 spiro atoms. The van der Waals surface area contributed by atoms with Crippen LogP contribution in [0.5, 0.6) is 0 Å². The van der Waals surface area contributed by atoms with E-state index in [0.717, 1.165) is 0 Å². The molecule has 0 aliphatic carbocycles. The lowest BCUT2D eigenvalue weighted by molar-refractivity contribution is -0.138. The molecular weight excluding hydrogens is 166 g/mol. The predicted octanol–water partition coefficient (Wildman–Crippen LogP) is -0.190. The van der Waals surface area contributed by atoms with Gasteiger partial charge >= 0.3 is 5.97 Å². The molecule has 0 saturated heterocycles. The molecule has 0 amide bonds. The summed E-state index contributed by atoms with van der Waals surface area (Å²) in [6.07, 6.45) is 0. The monoisotopic (exact) mass is 173 g/mol. The number of nitrogens with two attached hydrogens (primary N) is 2. The third-order valence-electron chi connectivity index (χ3n) is 1.12. The highest BCUT2D eigenvalue weighted by molar-refractivity contribution is 7.13. The summed E-state index contributed by atoms with van der Waals surface area (Å²) in [7, 11) is 0. The van der Waals surface area contributed by atoms with E-state index in [1.165, 1.54) is 16.7 Å². The number of aliphatic carboxylic acids is 1. The van der Waals surface area contributed by atoms with Gasteiger partial charge in [-0.1, -0.05) is 0 Å². The molecule has 6 heteroatoms. The molecule has 5 nitrogen and oxygen atoms in total. The predicted molar refractivity (Wildman–Crippen MR) is 41.1 cm³/mol. The fourth-order valence-corrected chi connectivity index (χ4v) is 1.17. The van der Waals surface area contributed by atoms with Crippen LogP contribution in [-0.2, 0) is 4.79 Å². The molecule has 0 aliphatic rings. The summed E-state index contributed by atoms with van der Waals surface area (Å²) >= 11 is 1.17. The van der Waals surface area contributed by atoms with Crippen LogP contribution in [0.2, 0.25) is 0 Å². The van der Waals surface area contributed by atoms with Crippen LogP contribution in [-0.4, -0.2) is 16.1 Å². The van der Waals surface area contributed by atoms with E-state index >= 15 is 0 Å². The first-order valence-electron chi connectivity index (χ1n) is 2.80. The van der Waals surface area contributed by atoms with Gasteiger partial charge in [-0.2, -0.15) is 0 Å². The molecule has 0 radical (unpaired) electrons. The summed E-state index contributed by atoms with van der Waals surface area (Å²) in [4.78, 5) is 14.0. The Bertz CT molecular complexity index is 272. The third-order valence-corrected chi connectivity index (χ3v) is 1.82. The van der Waals surface area contributed by atoms with Crippen LogP contribution in [0.25, 0.3) is 0 Å². The number of carboxylic acids is 1. The molecule has 1 aromatic rings. The lowest BCUT2D eigenvalue weighted by atomic mass is 10.2. The molecule has 1 heterocycles. The Morgan fingerprint density at radius 1 is 1.82 bits per heavy atom. The summed E-state index contributed by atoms with van der Waals surface area (Å²) in [5.74, 6) is -1.10. The number of nitrogen functional groups attached to an aromatic ring is 1. The Labute approximate surface area is 66.7 Å². The molecule has 0 aromatic carbocycles. The second kappa shape index (κ2) is 2.85. The van der Waals surface area contributed by atoms with E-state index in [1.54, 1.807) is 0 Å². The van der Waals surface area contributed by atoms with Gasteiger partial charge in [0, 0.05) is 5.38 Å². The average molecular weight is 173 g/mol. The van der Waals surface area contributed by atoms with Crippen molar-refractivity contribution in [1.29, 1.82) is 0 Å². The van der Waals surface area contributed by atoms with Gasteiger partial charge < -0.3 is 16.6 Å². The van der Waals surface area contributed by atoms with E-state index in [0.29, 0.717) is 10.8 Å². The van der Waals surface area contributed by atoms with Crippen molar-refractivity contribution in [1.82, 2.24) is 4.98 Å². The maximum Gasteiger partial charge on any atom is 0.326 e. The lowest BCUT2D eigenvalue weighted by Crippen LogP contribution is -2.20. The van der Waals surface area contributed by atoms with Gasteiger partial charge in [0.25, 0.3) is 0 Å². The minimum absolute atomic E-state index is 0.306. The maximum absolute atomic E-state index is 10.3. The topological polar surface area (TPSA) is 102 Å². The van der Waals surface area contributed by atoms with Crippen molar-refractivity contribution in [2.24, 2.45) is 5.73 Å². The average Bonchev–Trinajstić information content (AvgIpc) is 2.34. The summed E-state index contributed by atoms with van der Waals surface area (Å²) in [5, 5.41) is 10.3. The number of rotatable bonds is 2. The Kier molecular flexibility index (Phi) is 2.06. The van der Waals surface area contributed by atoms with Crippen molar-refractivity contribution in [3.8, 4) is 0 Å². The second-order valence-electron chi connectivity index (χ2n) is 1.93. The number of hydrogen-bond acceptors (Lipinski definition) is 5. The van der Waals surface area contributed by atoms with E-state index in [4.69, 9.17) is 16.6 Å². The van der Waals surface area contributed by atoms with E-state index in [2.05, 4.69) is 4.98 Å². The van der Waals surface area contributed by atoms with Crippen LogP contribution in [0, 0.1) is 0 Å². The number of thiazole rings is 1. The highest BCUT2D eigenvalue weighted by Gasteiger charge is 2.16. The number of nitrogens with zero attached hydrogens (tertiary/aromatic N) is 1. The smallest absolute Gasteiger partial charge is 0.326 e. The van der Waals surface area contributed by atoms with E-state index < -0.39 is 12.0 Å². The molecule has 0 saturated carbocycles. The Hall–Kier alpha value is -1.14. The van der Waals surface area contributed by atoms with Crippen LogP contribution < -0.4 is 11.5 Å². The zero-order valence-electron chi connectivity index (χ0n) is 5.52. The Balaban J connectivity index is 2.84. The standard InChI is InChI=1S/C5H7N3O2S/c6-3(4(9)10)2-1-11-5(7)8-2/h1,3H,6H2,(H2,7,8)(H,9,10). The van der Waals surface area contributed by atoms with Crippen molar-refractivity contribution in [2.45, 2.75) is 6.04 Å². The molecule has 0 aliphatic heterocycles. The summed E-state index contributed by atoms with van der Waals surface area (Å²) in [6, 6.07) is -1.07. The normalized spacial score (nSPS) is 12.8. The summed E-state index contributed by atoms with van der Waals surface area (Å²) in [5.41, 5.74) is 10.8. The van der Waals surface area contributed by atoms with Gasteiger partial charge in [0.2, 0.25) is 0 Å². The van der Waals surface area contributed by atoms with Gasteiger partial charge in [0.15, 0.2) is 5.13 Å². The minimum Gasteiger partial charge on any atom is -0.480 e. The first-order valence-corrected chi connectivity index (χ1v) is 3.68. The van der Waals surface area contributed by atoms with Crippen LogP contribution in [0.1, 0.15) is 11.7 Å².